The van der Waals surface area contributed by atoms with Gasteiger partial charge in [-0.15, -0.1) is 0 Å². The summed E-state index contributed by atoms with van der Waals surface area (Å²) in [4.78, 5) is 0. The monoisotopic (exact) mass is 348 g/mol. The Kier molecular flexibility index (Phi) is 12.3. The van der Waals surface area contributed by atoms with E-state index >= 15 is 0 Å². The minimum Gasteiger partial charge on any atom is -0.508 e. The molecule has 0 spiro atoms. The fraction of sp³-hybridized carbons (Fsp3) is 0.739. The summed E-state index contributed by atoms with van der Waals surface area (Å²) >= 11 is 0. The average Bonchev–Trinajstić information content (AvgIpc) is 2.57. The summed E-state index contributed by atoms with van der Waals surface area (Å²) in [6.07, 6.45) is 19.6. The van der Waals surface area contributed by atoms with Crippen molar-refractivity contribution < 1.29 is 10.2 Å². The minimum atomic E-state index is 0.243. The number of hydrogen-bond acceptors (Lipinski definition) is 2. The van der Waals surface area contributed by atoms with Gasteiger partial charge in [0.25, 0.3) is 0 Å². The lowest BCUT2D eigenvalue weighted by atomic mass is 10.0. The lowest BCUT2D eigenvalue weighted by Gasteiger charge is -2.08. The fourth-order valence-corrected chi connectivity index (χ4v) is 3.53. The third kappa shape index (κ3) is 10.4. The van der Waals surface area contributed by atoms with Crippen LogP contribution in [0.25, 0.3) is 0 Å². The molecule has 0 aliphatic carbocycles. The topological polar surface area (TPSA) is 40.5 Å². The molecule has 0 unspecified atom stereocenters. The average molecular weight is 349 g/mol. The van der Waals surface area contributed by atoms with E-state index in [4.69, 9.17) is 0 Å². The number of phenols is 2. The van der Waals surface area contributed by atoms with Crippen LogP contribution >= 0.6 is 0 Å². The molecule has 0 heterocycles. The SMILES string of the molecule is CCCCCCCCCCCCCCCCc1c(O)cc(C)cc1O. The molecule has 0 radical (unpaired) electrons. The van der Waals surface area contributed by atoms with E-state index in [0.29, 0.717) is 5.56 Å². The zero-order valence-corrected chi connectivity index (χ0v) is 16.7. The maximum absolute atomic E-state index is 9.92. The summed E-state index contributed by atoms with van der Waals surface area (Å²) in [6.45, 7) is 4.16. The molecular weight excluding hydrogens is 308 g/mol. The molecule has 2 N–H and O–H groups in total. The van der Waals surface area contributed by atoms with Crippen molar-refractivity contribution >= 4 is 0 Å². The van der Waals surface area contributed by atoms with Crippen LogP contribution in [0.15, 0.2) is 12.1 Å². The predicted octanol–water partition coefficient (Wildman–Crippen LogP) is 7.43. The molecule has 1 aromatic rings. The maximum Gasteiger partial charge on any atom is 0.122 e. The van der Waals surface area contributed by atoms with Gasteiger partial charge in [0.05, 0.1) is 0 Å². The number of hydrogen-bond donors (Lipinski definition) is 2. The molecule has 0 aromatic heterocycles. The molecule has 0 saturated carbocycles. The van der Waals surface area contributed by atoms with Crippen LogP contribution in [0.4, 0.5) is 0 Å². The Hall–Kier alpha value is -1.18. The summed E-state index contributed by atoms with van der Waals surface area (Å²) in [7, 11) is 0. The number of phenolic OH excluding ortho intramolecular Hbond substituents is 2. The molecule has 0 amide bonds. The highest BCUT2D eigenvalue weighted by molar-refractivity contribution is 5.46. The number of benzene rings is 1. The van der Waals surface area contributed by atoms with Crippen molar-refractivity contribution in [1.29, 1.82) is 0 Å². The Labute approximate surface area is 155 Å². The fourth-order valence-electron chi connectivity index (χ4n) is 3.53. The lowest BCUT2D eigenvalue weighted by molar-refractivity contribution is 0.434. The molecule has 0 aliphatic heterocycles. The highest BCUT2D eigenvalue weighted by atomic mass is 16.3. The third-order valence-electron chi connectivity index (χ3n) is 5.13. The van der Waals surface area contributed by atoms with Gasteiger partial charge in [-0.3, -0.25) is 0 Å². The van der Waals surface area contributed by atoms with Crippen LogP contribution in [-0.2, 0) is 6.42 Å². The summed E-state index contributed by atoms with van der Waals surface area (Å²) < 4.78 is 0. The van der Waals surface area contributed by atoms with Gasteiger partial charge in [-0.05, 0) is 37.5 Å². The maximum atomic E-state index is 9.92. The summed E-state index contributed by atoms with van der Waals surface area (Å²) in [6, 6.07) is 3.47. The quantitative estimate of drug-likeness (QED) is 0.323. The zero-order chi connectivity index (χ0) is 18.3. The van der Waals surface area contributed by atoms with Crippen molar-refractivity contribution in [3.63, 3.8) is 0 Å². The smallest absolute Gasteiger partial charge is 0.122 e. The first kappa shape index (κ1) is 21.9. The molecule has 1 rings (SSSR count). The summed E-state index contributed by atoms with van der Waals surface area (Å²) in [5.41, 5.74) is 1.62. The van der Waals surface area contributed by atoms with Crippen LogP contribution in [0.3, 0.4) is 0 Å². The van der Waals surface area contributed by atoms with Crippen LogP contribution in [0.2, 0.25) is 0 Å². The minimum absolute atomic E-state index is 0.243. The second-order valence-electron chi connectivity index (χ2n) is 7.63. The van der Waals surface area contributed by atoms with E-state index in [1.165, 1.54) is 83.5 Å². The standard InChI is InChI=1S/C23H40O2/c1-3-4-5-6-7-8-9-10-11-12-13-14-15-16-17-21-22(24)18-20(2)19-23(21)25/h18-19,24-25H,3-17H2,1-2H3. The Morgan fingerprint density at radius 1 is 0.600 bits per heavy atom. The lowest BCUT2D eigenvalue weighted by Crippen LogP contribution is -1.90. The highest BCUT2D eigenvalue weighted by Gasteiger charge is 2.07. The third-order valence-corrected chi connectivity index (χ3v) is 5.13. The molecule has 25 heavy (non-hydrogen) atoms. The molecule has 2 nitrogen and oxygen atoms in total. The van der Waals surface area contributed by atoms with E-state index in [1.807, 2.05) is 6.92 Å². The Morgan fingerprint density at radius 2 is 0.960 bits per heavy atom. The van der Waals surface area contributed by atoms with Gasteiger partial charge in [0.2, 0.25) is 0 Å². The second-order valence-corrected chi connectivity index (χ2v) is 7.63. The van der Waals surface area contributed by atoms with E-state index in [-0.39, 0.29) is 11.5 Å². The molecule has 0 saturated heterocycles. The normalized spacial score (nSPS) is 11.1. The molecule has 2 heteroatoms. The van der Waals surface area contributed by atoms with Crippen LogP contribution in [0, 0.1) is 6.92 Å². The molecule has 0 bridgehead atoms. The van der Waals surface area contributed by atoms with Crippen molar-refractivity contribution in [3.05, 3.63) is 23.3 Å². The van der Waals surface area contributed by atoms with Gasteiger partial charge in [0.1, 0.15) is 11.5 Å². The van der Waals surface area contributed by atoms with Crippen molar-refractivity contribution in [1.82, 2.24) is 0 Å². The van der Waals surface area contributed by atoms with Gasteiger partial charge < -0.3 is 10.2 Å². The first-order chi connectivity index (χ1) is 12.1. The van der Waals surface area contributed by atoms with Gasteiger partial charge in [-0.2, -0.15) is 0 Å². The Morgan fingerprint density at radius 3 is 1.36 bits per heavy atom. The van der Waals surface area contributed by atoms with Crippen LogP contribution in [-0.4, -0.2) is 10.2 Å². The molecule has 0 fully saturated rings. The first-order valence-electron chi connectivity index (χ1n) is 10.7. The highest BCUT2D eigenvalue weighted by Crippen LogP contribution is 2.30. The van der Waals surface area contributed by atoms with Gasteiger partial charge in [0, 0.05) is 5.56 Å². The van der Waals surface area contributed by atoms with E-state index in [2.05, 4.69) is 6.92 Å². The van der Waals surface area contributed by atoms with E-state index in [1.54, 1.807) is 12.1 Å². The van der Waals surface area contributed by atoms with E-state index in [0.717, 1.165) is 18.4 Å². The molecular formula is C23H40O2. The molecule has 1 aromatic carbocycles. The van der Waals surface area contributed by atoms with Crippen LogP contribution in [0.5, 0.6) is 11.5 Å². The van der Waals surface area contributed by atoms with Gasteiger partial charge in [-0.25, -0.2) is 0 Å². The van der Waals surface area contributed by atoms with Gasteiger partial charge in [-0.1, -0.05) is 90.4 Å². The van der Waals surface area contributed by atoms with Crippen molar-refractivity contribution in [2.75, 3.05) is 0 Å². The first-order valence-corrected chi connectivity index (χ1v) is 10.7. The summed E-state index contributed by atoms with van der Waals surface area (Å²) in [5, 5.41) is 19.8. The predicted molar refractivity (Wildman–Crippen MR) is 109 cm³/mol. The molecule has 0 aliphatic rings. The number of aryl methyl sites for hydroxylation is 1. The number of rotatable bonds is 15. The number of unbranched alkanes of at least 4 members (excludes halogenated alkanes) is 13. The van der Waals surface area contributed by atoms with E-state index < -0.39 is 0 Å². The molecule has 0 atom stereocenters. The zero-order valence-electron chi connectivity index (χ0n) is 16.7. The number of aromatic hydroxyl groups is 2. The van der Waals surface area contributed by atoms with E-state index in [9.17, 15) is 10.2 Å². The van der Waals surface area contributed by atoms with Gasteiger partial charge in [0.15, 0.2) is 0 Å². The Balaban J connectivity index is 1.91. The van der Waals surface area contributed by atoms with Crippen molar-refractivity contribution in [3.8, 4) is 11.5 Å². The van der Waals surface area contributed by atoms with Crippen molar-refractivity contribution in [2.45, 2.75) is 110 Å². The van der Waals surface area contributed by atoms with Gasteiger partial charge >= 0.3 is 0 Å². The van der Waals surface area contributed by atoms with Crippen molar-refractivity contribution in [2.24, 2.45) is 0 Å². The van der Waals surface area contributed by atoms with Crippen LogP contribution < -0.4 is 0 Å². The Bertz CT molecular complexity index is 430. The largest absolute Gasteiger partial charge is 0.508 e. The summed E-state index contributed by atoms with van der Waals surface area (Å²) in [5.74, 6) is 0.486. The second kappa shape index (κ2) is 14.0. The molecule has 144 valence electrons. The van der Waals surface area contributed by atoms with Crippen LogP contribution in [0.1, 0.15) is 108 Å².